The van der Waals surface area contributed by atoms with Crippen molar-refractivity contribution < 1.29 is 28.4 Å². The molecule has 0 bridgehead atoms. The van der Waals surface area contributed by atoms with Crippen LogP contribution >= 0.6 is 15.9 Å². The predicted molar refractivity (Wildman–Crippen MR) is 121 cm³/mol. The Hall–Kier alpha value is 0.240. The van der Waals surface area contributed by atoms with Gasteiger partial charge in [0.2, 0.25) is 0 Å². The molecule has 0 aliphatic rings. The number of unbranched alkanes of at least 4 members (excludes halogenated alkanes) is 7. The topological polar surface area (TPSA) is 55.4 Å². The van der Waals surface area contributed by atoms with Crippen molar-refractivity contribution >= 4 is 15.9 Å². The number of ether oxygens (including phenoxy) is 6. The fraction of sp³-hybridized carbons (Fsp3) is 1.00. The van der Waals surface area contributed by atoms with Gasteiger partial charge in [0.1, 0.15) is 0 Å². The summed E-state index contributed by atoms with van der Waals surface area (Å²) < 4.78 is 32.6. The summed E-state index contributed by atoms with van der Waals surface area (Å²) in [6.07, 6.45) is 10.6. The van der Waals surface area contributed by atoms with Crippen LogP contribution in [-0.4, -0.2) is 84.6 Å². The molecule has 0 aromatic rings. The molecule has 0 atom stereocenters. The first-order valence-corrected chi connectivity index (χ1v) is 12.6. The third-order valence-electron chi connectivity index (χ3n) is 4.22. The smallest absolute Gasteiger partial charge is 0.0701 e. The van der Waals surface area contributed by atoms with E-state index in [2.05, 4.69) is 22.9 Å². The average molecular weight is 486 g/mol. The van der Waals surface area contributed by atoms with Crippen molar-refractivity contribution in [3.05, 3.63) is 0 Å². The van der Waals surface area contributed by atoms with Gasteiger partial charge in [-0.05, 0) is 6.42 Å². The number of halogens is 1. The third-order valence-corrected chi connectivity index (χ3v) is 4.55. The van der Waals surface area contributed by atoms with Crippen LogP contribution in [0, 0.1) is 0 Å². The molecule has 0 aromatic carbocycles. The molecule has 0 saturated carbocycles. The Labute approximate surface area is 187 Å². The van der Waals surface area contributed by atoms with Gasteiger partial charge in [-0.15, -0.1) is 0 Å². The van der Waals surface area contributed by atoms with Gasteiger partial charge in [0.15, 0.2) is 0 Å². The van der Waals surface area contributed by atoms with Crippen LogP contribution in [0.15, 0.2) is 0 Å². The van der Waals surface area contributed by atoms with Gasteiger partial charge < -0.3 is 28.4 Å². The minimum absolute atomic E-state index is 0.575. The Morgan fingerprint density at radius 1 is 0.379 bits per heavy atom. The summed E-state index contributed by atoms with van der Waals surface area (Å²) in [5.74, 6) is 0. The lowest BCUT2D eigenvalue weighted by atomic mass is 10.1. The van der Waals surface area contributed by atoms with E-state index in [0.29, 0.717) is 72.7 Å². The fourth-order valence-corrected chi connectivity index (χ4v) is 2.82. The molecule has 0 aromatic heterocycles. The average Bonchev–Trinajstić information content (AvgIpc) is 2.74. The van der Waals surface area contributed by atoms with Gasteiger partial charge in [-0.1, -0.05) is 67.8 Å². The van der Waals surface area contributed by atoms with E-state index in [1.165, 1.54) is 44.9 Å². The normalized spacial score (nSPS) is 11.4. The zero-order valence-corrected chi connectivity index (χ0v) is 20.3. The van der Waals surface area contributed by atoms with E-state index in [1.54, 1.807) is 0 Å². The molecule has 0 rings (SSSR count). The highest BCUT2D eigenvalue weighted by molar-refractivity contribution is 9.09. The number of hydrogen-bond donors (Lipinski definition) is 0. The lowest BCUT2D eigenvalue weighted by Crippen LogP contribution is -2.14. The molecule has 176 valence electrons. The molecular weight excluding hydrogens is 440 g/mol. The molecule has 0 amide bonds. The summed E-state index contributed by atoms with van der Waals surface area (Å²) in [4.78, 5) is 0. The summed E-state index contributed by atoms with van der Waals surface area (Å²) in [6.45, 7) is 9.84. The Morgan fingerprint density at radius 2 is 0.690 bits per heavy atom. The Balaban J connectivity index is 2.97. The SMILES string of the molecule is CCCCCCCCCCOCCOCCOCCOCCOCCOCCBr. The maximum absolute atomic E-state index is 5.59. The molecule has 0 radical (unpaired) electrons. The number of rotatable bonds is 26. The minimum Gasteiger partial charge on any atom is -0.379 e. The van der Waals surface area contributed by atoms with Gasteiger partial charge in [0.25, 0.3) is 0 Å². The van der Waals surface area contributed by atoms with Gasteiger partial charge in [-0.25, -0.2) is 0 Å². The van der Waals surface area contributed by atoms with Gasteiger partial charge in [0, 0.05) is 11.9 Å². The highest BCUT2D eigenvalue weighted by Crippen LogP contribution is 2.08. The highest BCUT2D eigenvalue weighted by atomic mass is 79.9. The van der Waals surface area contributed by atoms with Gasteiger partial charge >= 0.3 is 0 Å². The summed E-state index contributed by atoms with van der Waals surface area (Å²) in [5.41, 5.74) is 0. The van der Waals surface area contributed by atoms with Crippen molar-refractivity contribution in [1.29, 1.82) is 0 Å². The largest absolute Gasteiger partial charge is 0.379 e. The van der Waals surface area contributed by atoms with Crippen LogP contribution in [0.4, 0.5) is 0 Å². The summed E-state index contributed by atoms with van der Waals surface area (Å²) in [6, 6.07) is 0. The first-order chi connectivity index (χ1) is 14.4. The number of alkyl halides is 1. The van der Waals surface area contributed by atoms with Crippen LogP contribution in [0.5, 0.6) is 0 Å². The monoisotopic (exact) mass is 484 g/mol. The zero-order chi connectivity index (χ0) is 21.1. The molecule has 0 saturated heterocycles. The lowest BCUT2D eigenvalue weighted by molar-refractivity contribution is -0.0162. The van der Waals surface area contributed by atoms with Gasteiger partial charge in [-0.2, -0.15) is 0 Å². The maximum atomic E-state index is 5.59. The molecular formula is C22H45BrO6. The second-order valence-corrected chi connectivity index (χ2v) is 7.63. The second kappa shape index (κ2) is 28.2. The quantitative estimate of drug-likeness (QED) is 0.132. The fourth-order valence-electron chi connectivity index (χ4n) is 2.59. The van der Waals surface area contributed by atoms with Crippen molar-refractivity contribution in [2.45, 2.75) is 58.3 Å². The Bertz CT molecular complexity index is 258. The van der Waals surface area contributed by atoms with Crippen molar-refractivity contribution in [2.24, 2.45) is 0 Å². The van der Waals surface area contributed by atoms with Crippen molar-refractivity contribution in [3.63, 3.8) is 0 Å². The first kappa shape index (κ1) is 29.2. The molecule has 0 N–H and O–H groups in total. The van der Waals surface area contributed by atoms with Crippen LogP contribution in [0.3, 0.4) is 0 Å². The van der Waals surface area contributed by atoms with Crippen LogP contribution in [0.1, 0.15) is 58.3 Å². The van der Waals surface area contributed by atoms with Crippen LogP contribution in [0.2, 0.25) is 0 Å². The second-order valence-electron chi connectivity index (χ2n) is 6.84. The van der Waals surface area contributed by atoms with Crippen molar-refractivity contribution in [2.75, 3.05) is 84.6 Å². The van der Waals surface area contributed by atoms with E-state index in [-0.39, 0.29) is 0 Å². The third kappa shape index (κ3) is 28.2. The molecule has 6 nitrogen and oxygen atoms in total. The molecule has 7 heteroatoms. The zero-order valence-electron chi connectivity index (χ0n) is 18.7. The molecule has 0 fully saturated rings. The van der Waals surface area contributed by atoms with Gasteiger partial charge in [-0.3, -0.25) is 0 Å². The van der Waals surface area contributed by atoms with E-state index in [1.807, 2.05) is 0 Å². The molecule has 29 heavy (non-hydrogen) atoms. The van der Waals surface area contributed by atoms with Crippen molar-refractivity contribution in [3.8, 4) is 0 Å². The standard InChI is InChI=1S/C22H45BrO6/c1-2-3-4-5-6-7-8-9-11-24-13-15-26-17-19-28-21-22-29-20-18-27-16-14-25-12-10-23/h2-22H2,1H3. The minimum atomic E-state index is 0.575. The van der Waals surface area contributed by atoms with E-state index >= 15 is 0 Å². The molecule has 0 aliphatic carbocycles. The van der Waals surface area contributed by atoms with Crippen LogP contribution in [-0.2, 0) is 28.4 Å². The Kier molecular flexibility index (Phi) is 28.5. The van der Waals surface area contributed by atoms with Crippen molar-refractivity contribution in [1.82, 2.24) is 0 Å². The summed E-state index contributed by atoms with van der Waals surface area (Å²) >= 11 is 3.30. The van der Waals surface area contributed by atoms with Gasteiger partial charge in [0.05, 0.1) is 72.7 Å². The maximum Gasteiger partial charge on any atom is 0.0701 e. The Morgan fingerprint density at radius 3 is 1.07 bits per heavy atom. The number of hydrogen-bond acceptors (Lipinski definition) is 6. The molecule has 0 spiro atoms. The van der Waals surface area contributed by atoms with E-state index in [4.69, 9.17) is 28.4 Å². The van der Waals surface area contributed by atoms with Crippen LogP contribution < -0.4 is 0 Å². The van der Waals surface area contributed by atoms with Crippen LogP contribution in [0.25, 0.3) is 0 Å². The summed E-state index contributed by atoms with van der Waals surface area (Å²) in [5, 5.41) is 0.855. The van der Waals surface area contributed by atoms with E-state index < -0.39 is 0 Å². The first-order valence-electron chi connectivity index (χ1n) is 11.4. The molecule has 0 unspecified atom stereocenters. The molecule has 0 aliphatic heterocycles. The molecule has 0 heterocycles. The highest BCUT2D eigenvalue weighted by Gasteiger charge is 1.95. The van der Waals surface area contributed by atoms with E-state index in [9.17, 15) is 0 Å². The summed E-state index contributed by atoms with van der Waals surface area (Å²) in [7, 11) is 0. The van der Waals surface area contributed by atoms with E-state index in [0.717, 1.165) is 18.4 Å². The predicted octanol–water partition coefficient (Wildman–Crippen LogP) is 4.62. The lowest BCUT2D eigenvalue weighted by Gasteiger charge is -2.08.